The van der Waals surface area contributed by atoms with Crippen molar-refractivity contribution in [1.82, 2.24) is 4.98 Å². The average molecular weight is 462 g/mol. The number of methoxy groups -OCH3 is 2. The first kappa shape index (κ1) is 22.3. The number of nitrogens with one attached hydrogen (secondary N) is 2. The largest absolute Gasteiger partial charge is 0.496 e. The number of para-hydroxylation sites is 2. The molecule has 0 bridgehead atoms. The molecule has 1 heterocycles. The van der Waals surface area contributed by atoms with E-state index in [1.165, 1.54) is 11.3 Å². The second-order valence-corrected chi connectivity index (χ2v) is 8.45. The Hall–Kier alpha value is -3.91. The SMILES string of the molecule is COc1c(C)cccc1C(=O)Nc1ccc2nc(NC(=O)c3cccc(C)c3OC)sc2c1. The van der Waals surface area contributed by atoms with Crippen molar-refractivity contribution in [1.29, 1.82) is 0 Å². The summed E-state index contributed by atoms with van der Waals surface area (Å²) >= 11 is 1.33. The van der Waals surface area contributed by atoms with Crippen LogP contribution in [0.5, 0.6) is 11.5 Å². The smallest absolute Gasteiger partial charge is 0.261 e. The maximum atomic E-state index is 12.8. The molecule has 0 radical (unpaired) electrons. The lowest BCUT2D eigenvalue weighted by molar-refractivity contribution is 0.101. The quantitative estimate of drug-likeness (QED) is 0.399. The van der Waals surface area contributed by atoms with E-state index in [0.29, 0.717) is 33.4 Å². The number of aryl methyl sites for hydroxylation is 2. The topological polar surface area (TPSA) is 89.5 Å². The Morgan fingerprint density at radius 3 is 1.97 bits per heavy atom. The van der Waals surface area contributed by atoms with Crippen LogP contribution in [0.1, 0.15) is 31.8 Å². The number of carbonyl (C=O) groups excluding carboxylic acids is 2. The molecule has 0 saturated carbocycles. The molecule has 3 aromatic carbocycles. The normalized spacial score (nSPS) is 10.7. The first-order valence-corrected chi connectivity index (χ1v) is 11.0. The Balaban J connectivity index is 1.55. The van der Waals surface area contributed by atoms with Crippen molar-refractivity contribution in [3.63, 3.8) is 0 Å². The molecule has 0 aliphatic carbocycles. The van der Waals surface area contributed by atoms with Gasteiger partial charge in [0.2, 0.25) is 0 Å². The van der Waals surface area contributed by atoms with Crippen molar-refractivity contribution < 1.29 is 19.1 Å². The van der Waals surface area contributed by atoms with Gasteiger partial charge in [-0.1, -0.05) is 35.6 Å². The summed E-state index contributed by atoms with van der Waals surface area (Å²) in [6, 6.07) is 16.2. The van der Waals surface area contributed by atoms with Gasteiger partial charge in [-0.15, -0.1) is 0 Å². The minimum absolute atomic E-state index is 0.264. The van der Waals surface area contributed by atoms with Crippen LogP contribution >= 0.6 is 11.3 Å². The highest BCUT2D eigenvalue weighted by Gasteiger charge is 2.17. The van der Waals surface area contributed by atoms with Gasteiger partial charge >= 0.3 is 0 Å². The van der Waals surface area contributed by atoms with Crippen molar-refractivity contribution in [3.05, 3.63) is 76.9 Å². The molecule has 33 heavy (non-hydrogen) atoms. The fourth-order valence-electron chi connectivity index (χ4n) is 3.62. The molecule has 2 N–H and O–H groups in total. The Morgan fingerprint density at radius 2 is 1.39 bits per heavy atom. The van der Waals surface area contributed by atoms with Crippen LogP contribution in [0, 0.1) is 13.8 Å². The number of nitrogens with zero attached hydrogens (tertiary/aromatic N) is 1. The first-order chi connectivity index (χ1) is 15.9. The van der Waals surface area contributed by atoms with E-state index >= 15 is 0 Å². The maximum Gasteiger partial charge on any atom is 0.261 e. The highest BCUT2D eigenvalue weighted by atomic mass is 32.1. The number of ether oxygens (including phenoxy) is 2. The van der Waals surface area contributed by atoms with E-state index < -0.39 is 0 Å². The highest BCUT2D eigenvalue weighted by Crippen LogP contribution is 2.31. The third-order valence-corrected chi connectivity index (χ3v) is 6.12. The Morgan fingerprint density at radius 1 is 0.818 bits per heavy atom. The summed E-state index contributed by atoms with van der Waals surface area (Å²) in [6.07, 6.45) is 0. The summed E-state index contributed by atoms with van der Waals surface area (Å²) in [6.45, 7) is 3.77. The van der Waals surface area contributed by atoms with Crippen LogP contribution in [0.4, 0.5) is 10.8 Å². The molecule has 0 fully saturated rings. The summed E-state index contributed by atoms with van der Waals surface area (Å²) in [5.41, 5.74) is 4.00. The molecule has 7 nitrogen and oxygen atoms in total. The van der Waals surface area contributed by atoms with E-state index in [9.17, 15) is 9.59 Å². The molecule has 0 saturated heterocycles. The van der Waals surface area contributed by atoms with Crippen molar-refractivity contribution in [2.45, 2.75) is 13.8 Å². The third-order valence-electron chi connectivity index (χ3n) is 5.19. The summed E-state index contributed by atoms with van der Waals surface area (Å²) in [7, 11) is 3.09. The zero-order valence-electron chi connectivity index (χ0n) is 18.7. The molecule has 0 aliphatic heterocycles. The van der Waals surface area contributed by atoms with E-state index in [0.717, 1.165) is 21.3 Å². The van der Waals surface area contributed by atoms with Crippen LogP contribution in [-0.4, -0.2) is 31.0 Å². The minimum atomic E-state index is -0.297. The predicted molar refractivity (Wildman–Crippen MR) is 131 cm³/mol. The van der Waals surface area contributed by atoms with Crippen LogP contribution in [0.25, 0.3) is 10.2 Å². The summed E-state index contributed by atoms with van der Waals surface area (Å²) in [4.78, 5) is 30.1. The number of fused-ring (bicyclic) bond motifs is 1. The van der Waals surface area contributed by atoms with Crippen LogP contribution in [0.2, 0.25) is 0 Å². The van der Waals surface area contributed by atoms with Crippen molar-refractivity contribution in [2.24, 2.45) is 0 Å². The predicted octanol–water partition coefficient (Wildman–Crippen LogP) is 5.43. The Labute approximate surface area is 195 Å². The van der Waals surface area contributed by atoms with Gasteiger partial charge in [0.15, 0.2) is 5.13 Å². The van der Waals surface area contributed by atoms with Crippen molar-refractivity contribution >= 4 is 44.2 Å². The summed E-state index contributed by atoms with van der Waals surface area (Å²) in [5.74, 6) is 0.521. The average Bonchev–Trinajstić information content (AvgIpc) is 3.20. The molecular weight excluding hydrogens is 438 g/mol. The molecule has 0 unspecified atom stereocenters. The van der Waals surface area contributed by atoms with Crippen molar-refractivity contribution in [3.8, 4) is 11.5 Å². The maximum absolute atomic E-state index is 12.8. The number of amides is 2. The van der Waals surface area contributed by atoms with Gasteiger partial charge in [0.1, 0.15) is 11.5 Å². The lowest BCUT2D eigenvalue weighted by atomic mass is 10.1. The Kier molecular flexibility index (Phi) is 6.28. The van der Waals surface area contributed by atoms with E-state index in [1.807, 2.05) is 44.2 Å². The molecule has 2 amide bonds. The number of rotatable bonds is 6. The molecule has 0 aliphatic rings. The number of benzene rings is 3. The van der Waals surface area contributed by atoms with E-state index in [1.54, 1.807) is 38.5 Å². The van der Waals surface area contributed by atoms with Gasteiger partial charge in [-0.2, -0.15) is 0 Å². The fourth-order valence-corrected chi connectivity index (χ4v) is 4.52. The molecule has 8 heteroatoms. The van der Waals surface area contributed by atoms with Crippen LogP contribution in [0.15, 0.2) is 54.6 Å². The lowest BCUT2D eigenvalue weighted by Gasteiger charge is -2.11. The molecule has 0 atom stereocenters. The van der Waals surface area contributed by atoms with Gasteiger partial charge in [-0.25, -0.2) is 4.98 Å². The van der Waals surface area contributed by atoms with Crippen LogP contribution in [0.3, 0.4) is 0 Å². The zero-order valence-corrected chi connectivity index (χ0v) is 19.5. The number of anilines is 2. The second kappa shape index (κ2) is 9.30. The van der Waals surface area contributed by atoms with E-state index in [2.05, 4.69) is 15.6 Å². The lowest BCUT2D eigenvalue weighted by Crippen LogP contribution is -2.13. The molecule has 4 aromatic rings. The number of carbonyl (C=O) groups is 2. The van der Waals surface area contributed by atoms with Gasteiger partial charge in [0.05, 0.1) is 35.6 Å². The van der Waals surface area contributed by atoms with Gasteiger partial charge in [0, 0.05) is 5.69 Å². The van der Waals surface area contributed by atoms with Gasteiger partial charge in [0.25, 0.3) is 11.8 Å². The number of aromatic nitrogens is 1. The Bertz CT molecular complexity index is 1300. The van der Waals surface area contributed by atoms with E-state index in [4.69, 9.17) is 9.47 Å². The zero-order chi connectivity index (χ0) is 23.5. The molecule has 4 rings (SSSR count). The van der Waals surface area contributed by atoms with Gasteiger partial charge in [-0.05, 0) is 55.3 Å². The van der Waals surface area contributed by atoms with Crippen molar-refractivity contribution in [2.75, 3.05) is 24.9 Å². The van der Waals surface area contributed by atoms with Gasteiger partial charge in [-0.3, -0.25) is 14.9 Å². The summed E-state index contributed by atoms with van der Waals surface area (Å²) < 4.78 is 11.6. The fraction of sp³-hybridized carbons (Fsp3) is 0.160. The first-order valence-electron chi connectivity index (χ1n) is 10.2. The minimum Gasteiger partial charge on any atom is -0.496 e. The monoisotopic (exact) mass is 461 g/mol. The summed E-state index contributed by atoms with van der Waals surface area (Å²) in [5, 5.41) is 6.21. The van der Waals surface area contributed by atoms with Crippen LogP contribution in [-0.2, 0) is 0 Å². The second-order valence-electron chi connectivity index (χ2n) is 7.42. The highest BCUT2D eigenvalue weighted by molar-refractivity contribution is 7.22. The number of hydrogen-bond acceptors (Lipinski definition) is 6. The molecule has 1 aromatic heterocycles. The molecule has 0 spiro atoms. The van der Waals surface area contributed by atoms with Gasteiger partial charge < -0.3 is 14.8 Å². The molecular formula is C25H23N3O4S. The number of hydrogen-bond donors (Lipinski definition) is 2. The van der Waals surface area contributed by atoms with E-state index in [-0.39, 0.29) is 11.8 Å². The third kappa shape index (κ3) is 4.51. The molecule has 168 valence electrons. The van der Waals surface area contributed by atoms with Crippen LogP contribution < -0.4 is 20.1 Å². The number of thiazole rings is 1. The standard InChI is InChI=1S/C25H23N3O4S/c1-14-7-5-9-17(21(14)31-3)23(29)26-16-11-12-19-20(13-16)33-25(27-19)28-24(30)18-10-6-8-15(2)22(18)32-4/h5-13H,1-4H3,(H,26,29)(H,27,28,30).